The summed E-state index contributed by atoms with van der Waals surface area (Å²) in [5.41, 5.74) is 8.34. The lowest BCUT2D eigenvalue weighted by Gasteiger charge is -2.26. The fourth-order valence-corrected chi connectivity index (χ4v) is 3.59. The van der Waals surface area contributed by atoms with Crippen LogP contribution < -0.4 is 10.6 Å². The Bertz CT molecular complexity index is 1220. The van der Waals surface area contributed by atoms with Crippen LogP contribution in [0.3, 0.4) is 0 Å². The van der Waals surface area contributed by atoms with E-state index in [9.17, 15) is 5.11 Å². The minimum Gasteiger partial charge on any atom is -0.443 e. The molecule has 1 atom stereocenters. The number of nitrogen functional groups attached to an aromatic ring is 1. The second kappa shape index (κ2) is 8.81. The fraction of sp³-hybridized carbons (Fsp3) is 0.500. The van der Waals surface area contributed by atoms with Crippen LogP contribution in [-0.2, 0) is 6.42 Å². The van der Waals surface area contributed by atoms with E-state index >= 15 is 0 Å². The Labute approximate surface area is 192 Å². The maximum absolute atomic E-state index is 10.2. The monoisotopic (exact) mass is 453 g/mol. The van der Waals surface area contributed by atoms with Crippen molar-refractivity contribution < 1.29 is 9.52 Å². The molecule has 0 bridgehead atoms. The van der Waals surface area contributed by atoms with Gasteiger partial charge in [0.1, 0.15) is 12.0 Å². The molecule has 0 aliphatic rings. The first kappa shape index (κ1) is 22.7. The van der Waals surface area contributed by atoms with Gasteiger partial charge in [-0.05, 0) is 40.5 Å². The minimum absolute atomic E-state index is 0.116. The molecule has 4 aromatic heterocycles. The first-order valence-corrected chi connectivity index (χ1v) is 11.0. The van der Waals surface area contributed by atoms with Gasteiger partial charge in [0, 0.05) is 31.8 Å². The molecule has 11 nitrogen and oxygen atoms in total. The van der Waals surface area contributed by atoms with Crippen LogP contribution in [0.1, 0.15) is 51.0 Å². The molecule has 0 radical (unpaired) electrons. The Hall–Kier alpha value is -3.47. The predicted octanol–water partition coefficient (Wildman–Crippen LogP) is 2.66. The second-order valence-electron chi connectivity index (χ2n) is 8.93. The van der Waals surface area contributed by atoms with E-state index in [4.69, 9.17) is 10.2 Å². The molecule has 0 spiro atoms. The fourth-order valence-electron chi connectivity index (χ4n) is 3.59. The summed E-state index contributed by atoms with van der Waals surface area (Å²) in [7, 11) is 2.04. The van der Waals surface area contributed by atoms with E-state index in [0.717, 1.165) is 42.9 Å². The molecule has 11 heteroatoms. The van der Waals surface area contributed by atoms with Crippen molar-refractivity contribution in [2.75, 3.05) is 24.2 Å². The van der Waals surface area contributed by atoms with Crippen molar-refractivity contribution in [3.63, 3.8) is 0 Å². The van der Waals surface area contributed by atoms with Gasteiger partial charge in [0.25, 0.3) is 0 Å². The molecule has 3 N–H and O–H groups in total. The van der Waals surface area contributed by atoms with Crippen molar-refractivity contribution in [3.8, 4) is 11.6 Å². The number of hydrogen-bond acceptors (Lipinski definition) is 9. The zero-order valence-corrected chi connectivity index (χ0v) is 19.7. The van der Waals surface area contributed by atoms with Crippen molar-refractivity contribution >= 4 is 17.3 Å². The number of aryl methyl sites for hydroxylation is 2. The minimum atomic E-state index is -0.838. The number of aliphatic hydroxyl groups is 1. The van der Waals surface area contributed by atoms with Crippen LogP contribution in [0.15, 0.2) is 29.3 Å². The van der Waals surface area contributed by atoms with Crippen LogP contribution in [0.5, 0.6) is 0 Å². The standard InChI is InChI=1S/C22H31N9O2/c1-14-18(20-24-9-11-33-20)27-21(23)31-19(14)26-17(28-31)8-6-7-10-29(5)16-12-25-30(13-16)15(2)22(3,4)32/h9,11-13,15,32H,6-8,10H2,1-5H3,(H2,23,27). The molecule has 0 saturated heterocycles. The molecule has 4 heterocycles. The lowest BCUT2D eigenvalue weighted by atomic mass is 10.0. The molecule has 0 aliphatic carbocycles. The van der Waals surface area contributed by atoms with E-state index in [0.29, 0.717) is 17.2 Å². The molecule has 1 unspecified atom stereocenters. The Morgan fingerprint density at radius 3 is 2.76 bits per heavy atom. The number of oxazole rings is 1. The molecular formula is C22H31N9O2. The molecule has 0 aromatic carbocycles. The summed E-state index contributed by atoms with van der Waals surface area (Å²) < 4.78 is 8.75. The van der Waals surface area contributed by atoms with E-state index in [1.807, 2.05) is 33.3 Å². The van der Waals surface area contributed by atoms with E-state index < -0.39 is 5.60 Å². The van der Waals surface area contributed by atoms with E-state index in [2.05, 4.69) is 30.0 Å². The third kappa shape index (κ3) is 4.68. The molecule has 0 amide bonds. The van der Waals surface area contributed by atoms with Gasteiger partial charge in [-0.2, -0.15) is 9.61 Å². The Kier molecular flexibility index (Phi) is 6.07. The lowest BCUT2D eigenvalue weighted by molar-refractivity contribution is 0.0258. The molecule has 0 saturated carbocycles. The number of anilines is 2. The first-order valence-electron chi connectivity index (χ1n) is 11.0. The number of nitrogens with two attached hydrogens (primary N) is 1. The van der Waals surface area contributed by atoms with Crippen molar-refractivity contribution in [2.45, 2.75) is 58.6 Å². The maximum Gasteiger partial charge on any atom is 0.245 e. The van der Waals surface area contributed by atoms with Gasteiger partial charge in [-0.25, -0.2) is 15.0 Å². The summed E-state index contributed by atoms with van der Waals surface area (Å²) in [5.74, 6) is 1.39. The van der Waals surface area contributed by atoms with Gasteiger partial charge in [-0.1, -0.05) is 0 Å². The normalized spacial score (nSPS) is 13.0. The van der Waals surface area contributed by atoms with Gasteiger partial charge in [0.2, 0.25) is 11.8 Å². The van der Waals surface area contributed by atoms with Crippen LogP contribution in [0.4, 0.5) is 11.6 Å². The van der Waals surface area contributed by atoms with Gasteiger partial charge in [0.05, 0.1) is 29.7 Å². The summed E-state index contributed by atoms with van der Waals surface area (Å²) in [6, 6.07) is -0.116. The van der Waals surface area contributed by atoms with Gasteiger partial charge in [0.15, 0.2) is 11.5 Å². The highest BCUT2D eigenvalue weighted by Gasteiger charge is 2.25. The largest absolute Gasteiger partial charge is 0.443 e. The highest BCUT2D eigenvalue weighted by atomic mass is 16.3. The number of hydrogen-bond donors (Lipinski definition) is 2. The van der Waals surface area contributed by atoms with Crippen LogP contribution in [0.2, 0.25) is 0 Å². The predicted molar refractivity (Wildman–Crippen MR) is 125 cm³/mol. The molecule has 4 rings (SSSR count). The van der Waals surface area contributed by atoms with Gasteiger partial charge in [-0.15, -0.1) is 5.10 Å². The van der Waals surface area contributed by atoms with E-state index in [1.165, 1.54) is 6.26 Å². The highest BCUT2D eigenvalue weighted by molar-refractivity contribution is 5.65. The highest BCUT2D eigenvalue weighted by Crippen LogP contribution is 2.25. The third-order valence-corrected chi connectivity index (χ3v) is 6.01. The Morgan fingerprint density at radius 2 is 2.06 bits per heavy atom. The van der Waals surface area contributed by atoms with Gasteiger partial charge >= 0.3 is 0 Å². The number of aromatic nitrogens is 7. The van der Waals surface area contributed by atoms with Crippen LogP contribution in [0.25, 0.3) is 17.2 Å². The number of unbranched alkanes of at least 4 members (excludes halogenated alkanes) is 1. The van der Waals surface area contributed by atoms with Crippen LogP contribution in [0, 0.1) is 6.92 Å². The third-order valence-electron chi connectivity index (χ3n) is 6.01. The quantitative estimate of drug-likeness (QED) is 0.366. The van der Waals surface area contributed by atoms with Crippen molar-refractivity contribution in [2.24, 2.45) is 0 Å². The van der Waals surface area contributed by atoms with Crippen LogP contribution >= 0.6 is 0 Å². The average Bonchev–Trinajstić information content (AvgIpc) is 3.52. The number of rotatable bonds is 9. The summed E-state index contributed by atoms with van der Waals surface area (Å²) in [5, 5.41) is 19.2. The number of nitrogens with zero attached hydrogens (tertiary/aromatic N) is 8. The Balaban J connectivity index is 1.36. The lowest BCUT2D eigenvalue weighted by Crippen LogP contribution is -2.31. The number of fused-ring (bicyclic) bond motifs is 1. The molecule has 0 aliphatic heterocycles. The zero-order chi connectivity index (χ0) is 23.8. The van der Waals surface area contributed by atoms with Gasteiger partial charge in [-0.3, -0.25) is 4.68 Å². The van der Waals surface area contributed by atoms with E-state index in [-0.39, 0.29) is 12.0 Å². The summed E-state index contributed by atoms with van der Waals surface area (Å²) >= 11 is 0. The Morgan fingerprint density at radius 1 is 1.27 bits per heavy atom. The molecule has 4 aromatic rings. The van der Waals surface area contributed by atoms with Gasteiger partial charge < -0.3 is 20.2 Å². The maximum atomic E-state index is 10.2. The van der Waals surface area contributed by atoms with Crippen molar-refractivity contribution in [1.82, 2.24) is 34.3 Å². The van der Waals surface area contributed by atoms with Crippen molar-refractivity contribution in [1.29, 1.82) is 0 Å². The summed E-state index contributed by atoms with van der Waals surface area (Å²) in [6.07, 6.45) is 9.50. The SMILES string of the molecule is Cc1c(-c2ncco2)nc(N)n2nc(CCCCN(C)c3cnn(C(C)C(C)(C)O)c3)nc12. The zero-order valence-electron chi connectivity index (χ0n) is 19.7. The summed E-state index contributed by atoms with van der Waals surface area (Å²) in [6.45, 7) is 8.31. The molecule has 0 fully saturated rings. The molecular weight excluding hydrogens is 422 g/mol. The molecule has 176 valence electrons. The second-order valence-corrected chi connectivity index (χ2v) is 8.93. The van der Waals surface area contributed by atoms with E-state index in [1.54, 1.807) is 29.2 Å². The van der Waals surface area contributed by atoms with Crippen molar-refractivity contribution in [3.05, 3.63) is 36.2 Å². The topological polar surface area (TPSA) is 136 Å². The first-order chi connectivity index (χ1) is 15.6. The molecule has 33 heavy (non-hydrogen) atoms. The van der Waals surface area contributed by atoms with Crippen LogP contribution in [-0.4, -0.2) is 58.6 Å². The average molecular weight is 454 g/mol. The smallest absolute Gasteiger partial charge is 0.245 e. The summed E-state index contributed by atoms with van der Waals surface area (Å²) in [4.78, 5) is 15.4.